The maximum atomic E-state index is 11.4. The summed E-state index contributed by atoms with van der Waals surface area (Å²) < 4.78 is 0. The number of pyridine rings is 1. The van der Waals surface area contributed by atoms with E-state index in [1.54, 1.807) is 6.07 Å². The fraction of sp³-hybridized carbons (Fsp3) is 0.0588. The van der Waals surface area contributed by atoms with Gasteiger partial charge in [-0.15, -0.1) is 0 Å². The molecule has 0 aliphatic heterocycles. The predicted molar refractivity (Wildman–Crippen MR) is 84.4 cm³/mol. The molecule has 2 N–H and O–H groups in total. The summed E-state index contributed by atoms with van der Waals surface area (Å²) in [6, 6.07) is 15.4. The highest BCUT2D eigenvalue weighted by Gasteiger charge is 2.08. The first-order chi connectivity index (χ1) is 10.2. The molecule has 4 aromatic rings. The molecule has 0 amide bonds. The molecule has 4 rings (SSSR count). The number of nitrogens with one attached hydrogen (secondary N) is 2. The van der Waals surface area contributed by atoms with E-state index in [2.05, 4.69) is 15.0 Å². The molecule has 0 aliphatic rings. The molecule has 0 unspecified atom stereocenters. The fourth-order valence-electron chi connectivity index (χ4n) is 2.67. The molecule has 0 saturated heterocycles. The molecule has 21 heavy (non-hydrogen) atoms. The summed E-state index contributed by atoms with van der Waals surface area (Å²) in [5, 5.41) is 1.00. The van der Waals surface area contributed by atoms with E-state index in [0.717, 1.165) is 38.9 Å². The van der Waals surface area contributed by atoms with Crippen molar-refractivity contribution < 1.29 is 0 Å². The van der Waals surface area contributed by atoms with Crippen LogP contribution in [0.3, 0.4) is 0 Å². The number of hydrogen-bond acceptors (Lipinski definition) is 2. The Kier molecular flexibility index (Phi) is 2.44. The van der Waals surface area contributed by atoms with Crippen molar-refractivity contribution in [2.75, 3.05) is 0 Å². The molecular formula is C17H13N3O. The van der Waals surface area contributed by atoms with E-state index in [-0.39, 0.29) is 5.56 Å². The van der Waals surface area contributed by atoms with Crippen LogP contribution in [0.15, 0.2) is 53.3 Å². The Morgan fingerprint density at radius 3 is 2.71 bits per heavy atom. The number of aromatic amines is 2. The van der Waals surface area contributed by atoms with Crippen molar-refractivity contribution in [3.8, 4) is 11.4 Å². The van der Waals surface area contributed by atoms with Gasteiger partial charge in [-0.3, -0.25) is 4.79 Å². The molecule has 102 valence electrons. The number of nitrogens with zero attached hydrogens (tertiary/aromatic N) is 1. The lowest BCUT2D eigenvalue weighted by Gasteiger charge is -2.05. The smallest absolute Gasteiger partial charge is 0.248 e. The lowest BCUT2D eigenvalue weighted by Crippen LogP contribution is -2.03. The molecule has 2 heterocycles. The number of benzene rings is 2. The van der Waals surface area contributed by atoms with Gasteiger partial charge in [0.05, 0.1) is 16.6 Å². The van der Waals surface area contributed by atoms with Gasteiger partial charge in [-0.2, -0.15) is 0 Å². The Balaban J connectivity index is 1.97. The second kappa shape index (κ2) is 4.31. The van der Waals surface area contributed by atoms with Gasteiger partial charge in [0.1, 0.15) is 5.82 Å². The van der Waals surface area contributed by atoms with E-state index < -0.39 is 0 Å². The van der Waals surface area contributed by atoms with Gasteiger partial charge in [-0.1, -0.05) is 12.1 Å². The van der Waals surface area contributed by atoms with Gasteiger partial charge >= 0.3 is 0 Å². The minimum absolute atomic E-state index is 0.0814. The van der Waals surface area contributed by atoms with Crippen LogP contribution in [0.5, 0.6) is 0 Å². The lowest BCUT2D eigenvalue weighted by atomic mass is 10.1. The Hall–Kier alpha value is -2.88. The maximum absolute atomic E-state index is 11.4. The van der Waals surface area contributed by atoms with Crippen LogP contribution in [0.4, 0.5) is 0 Å². The number of rotatable bonds is 1. The van der Waals surface area contributed by atoms with Gasteiger partial charge in [0, 0.05) is 11.6 Å². The summed E-state index contributed by atoms with van der Waals surface area (Å²) in [7, 11) is 0. The van der Waals surface area contributed by atoms with E-state index in [1.165, 1.54) is 0 Å². The molecule has 0 saturated carbocycles. The first-order valence-corrected chi connectivity index (χ1v) is 6.79. The monoisotopic (exact) mass is 275 g/mol. The van der Waals surface area contributed by atoms with Gasteiger partial charge in [0.15, 0.2) is 0 Å². The van der Waals surface area contributed by atoms with Crippen molar-refractivity contribution in [3.63, 3.8) is 0 Å². The molecule has 0 bridgehead atoms. The summed E-state index contributed by atoms with van der Waals surface area (Å²) in [5.41, 5.74) is 4.81. The number of hydrogen-bond donors (Lipinski definition) is 2. The van der Waals surface area contributed by atoms with Crippen LogP contribution in [0.1, 0.15) is 5.56 Å². The first kappa shape index (κ1) is 11.9. The zero-order valence-electron chi connectivity index (χ0n) is 11.5. The number of H-pyrrole nitrogens is 2. The Labute approximate surface area is 120 Å². The van der Waals surface area contributed by atoms with Gasteiger partial charge in [-0.05, 0) is 48.2 Å². The van der Waals surface area contributed by atoms with Crippen LogP contribution < -0.4 is 5.56 Å². The highest BCUT2D eigenvalue weighted by atomic mass is 16.1. The Morgan fingerprint density at radius 1 is 1.00 bits per heavy atom. The SMILES string of the molecule is Cc1cc(-c2nc3ccccc3[nH]2)cc2ccc(=O)[nH]c12. The number of para-hydroxylation sites is 2. The quantitative estimate of drug-likeness (QED) is 0.559. The third-order valence-electron chi connectivity index (χ3n) is 3.69. The molecule has 0 fully saturated rings. The summed E-state index contributed by atoms with van der Waals surface area (Å²) >= 11 is 0. The van der Waals surface area contributed by atoms with Crippen LogP contribution in [-0.4, -0.2) is 15.0 Å². The molecule has 0 spiro atoms. The maximum Gasteiger partial charge on any atom is 0.248 e. The van der Waals surface area contributed by atoms with E-state index in [4.69, 9.17) is 0 Å². The van der Waals surface area contributed by atoms with Crippen molar-refractivity contribution in [2.45, 2.75) is 6.92 Å². The molecule has 0 radical (unpaired) electrons. The Bertz CT molecular complexity index is 994. The van der Waals surface area contributed by atoms with E-state index in [1.807, 2.05) is 49.4 Å². The number of fused-ring (bicyclic) bond motifs is 2. The van der Waals surface area contributed by atoms with Gasteiger partial charge in [0.25, 0.3) is 0 Å². The average molecular weight is 275 g/mol. The predicted octanol–water partition coefficient (Wildman–Crippen LogP) is 3.38. The standard InChI is InChI=1S/C17H13N3O/c1-10-8-12(9-11-6-7-15(21)20-16(10)11)17-18-13-4-2-3-5-14(13)19-17/h2-9H,1H3,(H,18,19)(H,20,21). The summed E-state index contributed by atoms with van der Waals surface area (Å²) in [5.74, 6) is 0.840. The Morgan fingerprint density at radius 2 is 1.86 bits per heavy atom. The second-order valence-electron chi connectivity index (χ2n) is 5.18. The molecule has 0 aliphatic carbocycles. The van der Waals surface area contributed by atoms with Crippen molar-refractivity contribution in [1.82, 2.24) is 15.0 Å². The molecular weight excluding hydrogens is 262 g/mol. The summed E-state index contributed by atoms with van der Waals surface area (Å²) in [6.45, 7) is 1.99. The van der Waals surface area contributed by atoms with Gasteiger partial charge < -0.3 is 9.97 Å². The molecule has 2 aromatic heterocycles. The highest BCUT2D eigenvalue weighted by Crippen LogP contribution is 2.25. The highest BCUT2D eigenvalue weighted by molar-refractivity contribution is 5.87. The van der Waals surface area contributed by atoms with Crippen LogP contribution in [0, 0.1) is 6.92 Å². The van der Waals surface area contributed by atoms with E-state index in [9.17, 15) is 4.79 Å². The topological polar surface area (TPSA) is 61.5 Å². The molecule has 4 nitrogen and oxygen atoms in total. The van der Waals surface area contributed by atoms with Crippen LogP contribution in [0.25, 0.3) is 33.3 Å². The summed E-state index contributed by atoms with van der Waals surface area (Å²) in [6.07, 6.45) is 0. The molecule has 4 heteroatoms. The van der Waals surface area contributed by atoms with E-state index >= 15 is 0 Å². The lowest BCUT2D eigenvalue weighted by molar-refractivity contribution is 1.27. The first-order valence-electron chi connectivity index (χ1n) is 6.79. The fourth-order valence-corrected chi connectivity index (χ4v) is 2.67. The number of imidazole rings is 1. The second-order valence-corrected chi connectivity index (χ2v) is 5.18. The zero-order chi connectivity index (χ0) is 14.4. The minimum Gasteiger partial charge on any atom is -0.338 e. The third kappa shape index (κ3) is 1.92. The largest absolute Gasteiger partial charge is 0.338 e. The van der Waals surface area contributed by atoms with Crippen molar-refractivity contribution in [1.29, 1.82) is 0 Å². The zero-order valence-corrected chi connectivity index (χ0v) is 11.5. The van der Waals surface area contributed by atoms with Crippen LogP contribution in [-0.2, 0) is 0 Å². The van der Waals surface area contributed by atoms with E-state index in [0.29, 0.717) is 0 Å². The molecule has 2 aromatic carbocycles. The van der Waals surface area contributed by atoms with Crippen LogP contribution in [0.2, 0.25) is 0 Å². The normalized spacial score (nSPS) is 11.3. The minimum atomic E-state index is -0.0814. The number of aryl methyl sites for hydroxylation is 1. The third-order valence-corrected chi connectivity index (χ3v) is 3.69. The van der Waals surface area contributed by atoms with Crippen LogP contribution >= 0.6 is 0 Å². The average Bonchev–Trinajstić information content (AvgIpc) is 2.92. The van der Waals surface area contributed by atoms with Crippen molar-refractivity contribution >= 4 is 21.9 Å². The molecule has 0 atom stereocenters. The van der Waals surface area contributed by atoms with Gasteiger partial charge in [-0.25, -0.2) is 4.98 Å². The van der Waals surface area contributed by atoms with Crippen molar-refractivity contribution in [2.24, 2.45) is 0 Å². The van der Waals surface area contributed by atoms with Crippen molar-refractivity contribution in [3.05, 3.63) is 64.4 Å². The van der Waals surface area contributed by atoms with Gasteiger partial charge in [0.2, 0.25) is 5.56 Å². The summed E-state index contributed by atoms with van der Waals surface area (Å²) in [4.78, 5) is 22.3. The number of aromatic nitrogens is 3.